The number of nitrogens with two attached hydrogens (primary N) is 1. The third kappa shape index (κ3) is 3.13. The van der Waals surface area contributed by atoms with Crippen LogP contribution >= 0.6 is 23.2 Å². The maximum Gasteiger partial charge on any atom is 0.164 e. The van der Waals surface area contributed by atoms with E-state index < -0.39 is 18.1 Å². The van der Waals surface area contributed by atoms with Crippen LogP contribution < -0.4 is 5.73 Å². The van der Waals surface area contributed by atoms with Gasteiger partial charge >= 0.3 is 0 Å². The summed E-state index contributed by atoms with van der Waals surface area (Å²) >= 11 is 12.6. The molecule has 0 radical (unpaired) electrons. The van der Waals surface area contributed by atoms with E-state index in [1.807, 2.05) is 42.8 Å². The molecule has 168 valence electrons. The van der Waals surface area contributed by atoms with Crippen LogP contribution in [0.25, 0.3) is 11.0 Å². The Morgan fingerprint density at radius 2 is 1.88 bits per heavy atom. The van der Waals surface area contributed by atoms with Crippen molar-refractivity contribution in [2.75, 3.05) is 12.3 Å². The van der Waals surface area contributed by atoms with Crippen molar-refractivity contribution >= 4 is 40.1 Å². The first-order chi connectivity index (χ1) is 15.3. The van der Waals surface area contributed by atoms with Gasteiger partial charge in [0.25, 0.3) is 0 Å². The first-order valence-corrected chi connectivity index (χ1v) is 11.3. The van der Waals surface area contributed by atoms with Crippen molar-refractivity contribution in [3.63, 3.8) is 0 Å². The standard InChI is InChI=1S/C22H22Cl2N4O4/c1-22(2)31-17-16(15-12-8-14(24)13(23)7-10(12)4-6-29-15)30-21(18(17)32-22)28-5-3-11-19(25)26-9-27-20(11)28/h3,5,7-9,15-18,21H,4,6H2,1-2H3,(H2,25,26,27)/t15-,16?,17-,18-,21-/m1/s1. The van der Waals surface area contributed by atoms with Gasteiger partial charge in [-0.05, 0) is 49.6 Å². The molecule has 10 heteroatoms. The van der Waals surface area contributed by atoms with Crippen LogP contribution in [0.15, 0.2) is 30.7 Å². The van der Waals surface area contributed by atoms with Gasteiger partial charge in [0.05, 0.1) is 22.0 Å². The van der Waals surface area contributed by atoms with Gasteiger partial charge in [-0.25, -0.2) is 9.97 Å². The first kappa shape index (κ1) is 20.7. The Kier molecular flexibility index (Phi) is 4.70. The number of nitrogen functional groups attached to an aromatic ring is 1. The van der Waals surface area contributed by atoms with E-state index in [0.29, 0.717) is 28.1 Å². The number of hydrogen-bond donors (Lipinski definition) is 1. The zero-order valence-corrected chi connectivity index (χ0v) is 19.0. The lowest BCUT2D eigenvalue weighted by atomic mass is 9.92. The van der Waals surface area contributed by atoms with Gasteiger partial charge in [0.1, 0.15) is 42.2 Å². The fourth-order valence-electron chi connectivity index (χ4n) is 5.01. The monoisotopic (exact) mass is 476 g/mol. The number of fused-ring (bicyclic) bond motifs is 3. The minimum absolute atomic E-state index is 0.350. The topological polar surface area (TPSA) is 93.7 Å². The lowest BCUT2D eigenvalue weighted by Crippen LogP contribution is -2.37. The number of halogens is 2. The Hall–Kier alpha value is -1.94. The average Bonchev–Trinajstić information content (AvgIpc) is 3.40. The van der Waals surface area contributed by atoms with Gasteiger partial charge in [0, 0.05) is 6.20 Å². The molecule has 2 saturated heterocycles. The number of benzene rings is 1. The average molecular weight is 477 g/mol. The number of aromatic nitrogens is 3. The van der Waals surface area contributed by atoms with Gasteiger partial charge in [-0.3, -0.25) is 0 Å². The summed E-state index contributed by atoms with van der Waals surface area (Å²) in [6.07, 6.45) is 2.12. The van der Waals surface area contributed by atoms with Crippen LogP contribution in [-0.2, 0) is 25.4 Å². The zero-order chi connectivity index (χ0) is 22.2. The van der Waals surface area contributed by atoms with Gasteiger partial charge in [0.15, 0.2) is 12.0 Å². The molecular formula is C22H22Cl2N4O4. The van der Waals surface area contributed by atoms with Crippen LogP contribution in [-0.4, -0.2) is 45.2 Å². The van der Waals surface area contributed by atoms with E-state index in [-0.39, 0.29) is 18.3 Å². The smallest absolute Gasteiger partial charge is 0.164 e. The summed E-state index contributed by atoms with van der Waals surface area (Å²) in [4.78, 5) is 8.50. The lowest BCUT2D eigenvalue weighted by molar-refractivity contribution is -0.212. The highest BCUT2D eigenvalue weighted by Gasteiger charge is 2.58. The summed E-state index contributed by atoms with van der Waals surface area (Å²) in [5.41, 5.74) is 8.78. The Bertz CT molecular complexity index is 1220. The molecule has 1 unspecified atom stereocenters. The summed E-state index contributed by atoms with van der Waals surface area (Å²) in [6, 6.07) is 5.66. The minimum atomic E-state index is -0.762. The molecule has 0 spiro atoms. The summed E-state index contributed by atoms with van der Waals surface area (Å²) in [7, 11) is 0. The van der Waals surface area contributed by atoms with Crippen molar-refractivity contribution < 1.29 is 18.9 Å². The molecule has 0 saturated carbocycles. The molecular weight excluding hydrogens is 455 g/mol. The van der Waals surface area contributed by atoms with Crippen molar-refractivity contribution in [2.24, 2.45) is 0 Å². The SMILES string of the molecule is CC1(C)O[C@@H]2[C@H](O1)C([C@@H]1OCCc3cc(Cl)c(Cl)cc31)O[C@H]2n1ccc2c(N)ncnc21. The quantitative estimate of drug-likeness (QED) is 0.595. The number of nitrogens with zero attached hydrogens (tertiary/aromatic N) is 3. The number of rotatable bonds is 2. The van der Waals surface area contributed by atoms with Crippen LogP contribution in [0.1, 0.15) is 37.3 Å². The molecule has 32 heavy (non-hydrogen) atoms. The molecule has 5 heterocycles. The van der Waals surface area contributed by atoms with E-state index in [0.717, 1.165) is 22.9 Å². The van der Waals surface area contributed by atoms with Crippen LogP contribution in [0.3, 0.4) is 0 Å². The highest BCUT2D eigenvalue weighted by Crippen LogP contribution is 2.49. The highest BCUT2D eigenvalue weighted by molar-refractivity contribution is 6.42. The maximum atomic E-state index is 6.59. The molecule has 3 aromatic rings. The van der Waals surface area contributed by atoms with Gasteiger partial charge in [0.2, 0.25) is 0 Å². The van der Waals surface area contributed by atoms with E-state index in [2.05, 4.69) is 9.97 Å². The molecule has 2 aromatic heterocycles. The predicted octanol–water partition coefficient (Wildman–Crippen LogP) is 4.05. The Labute approximate surface area is 194 Å². The van der Waals surface area contributed by atoms with Crippen molar-refractivity contribution in [1.29, 1.82) is 0 Å². The molecule has 6 rings (SSSR count). The molecule has 5 atom stereocenters. The zero-order valence-electron chi connectivity index (χ0n) is 17.5. The van der Waals surface area contributed by atoms with Crippen molar-refractivity contribution in [1.82, 2.24) is 14.5 Å². The molecule has 3 aliphatic heterocycles. The minimum Gasteiger partial charge on any atom is -0.383 e. The summed E-state index contributed by atoms with van der Waals surface area (Å²) in [5.74, 6) is -0.346. The van der Waals surface area contributed by atoms with E-state index >= 15 is 0 Å². The molecule has 2 fully saturated rings. The Morgan fingerprint density at radius 3 is 2.72 bits per heavy atom. The van der Waals surface area contributed by atoms with Crippen molar-refractivity contribution in [2.45, 2.75) is 56.7 Å². The fourth-order valence-corrected chi connectivity index (χ4v) is 5.37. The molecule has 1 aromatic carbocycles. The van der Waals surface area contributed by atoms with Crippen LogP contribution in [0.2, 0.25) is 10.0 Å². The highest BCUT2D eigenvalue weighted by atomic mass is 35.5. The van der Waals surface area contributed by atoms with Crippen LogP contribution in [0, 0.1) is 0 Å². The van der Waals surface area contributed by atoms with Crippen LogP contribution in [0.5, 0.6) is 0 Å². The normalized spacial score (nSPS) is 31.1. The second-order valence-corrected chi connectivity index (χ2v) is 9.60. The predicted molar refractivity (Wildman–Crippen MR) is 119 cm³/mol. The second-order valence-electron chi connectivity index (χ2n) is 8.78. The summed E-state index contributed by atoms with van der Waals surface area (Å²) in [6.45, 7) is 4.36. The second kappa shape index (κ2) is 7.28. The van der Waals surface area contributed by atoms with Gasteiger partial charge in [-0.1, -0.05) is 23.2 Å². The Morgan fingerprint density at radius 1 is 1.09 bits per heavy atom. The maximum absolute atomic E-state index is 6.59. The van der Waals surface area contributed by atoms with Crippen molar-refractivity contribution in [3.05, 3.63) is 51.9 Å². The van der Waals surface area contributed by atoms with E-state index in [1.165, 1.54) is 6.33 Å². The Balaban J connectivity index is 1.43. The first-order valence-electron chi connectivity index (χ1n) is 10.5. The summed E-state index contributed by atoms with van der Waals surface area (Å²) in [5, 5.41) is 1.78. The van der Waals surface area contributed by atoms with Crippen molar-refractivity contribution in [3.8, 4) is 0 Å². The fraction of sp³-hybridized carbons (Fsp3) is 0.455. The van der Waals surface area contributed by atoms with Gasteiger partial charge < -0.3 is 29.2 Å². The molecule has 2 N–H and O–H groups in total. The van der Waals surface area contributed by atoms with Crippen LogP contribution in [0.4, 0.5) is 5.82 Å². The molecule has 0 bridgehead atoms. The number of hydrogen-bond acceptors (Lipinski definition) is 7. The lowest BCUT2D eigenvalue weighted by Gasteiger charge is -2.33. The largest absolute Gasteiger partial charge is 0.383 e. The molecule has 0 aliphatic carbocycles. The molecule has 0 amide bonds. The van der Waals surface area contributed by atoms with E-state index in [9.17, 15) is 0 Å². The third-order valence-corrected chi connectivity index (χ3v) is 7.06. The van der Waals surface area contributed by atoms with Gasteiger partial charge in [-0.15, -0.1) is 0 Å². The van der Waals surface area contributed by atoms with E-state index in [4.69, 9.17) is 47.9 Å². The summed E-state index contributed by atoms with van der Waals surface area (Å²) < 4.78 is 27.3. The number of ether oxygens (including phenoxy) is 4. The van der Waals surface area contributed by atoms with E-state index in [1.54, 1.807) is 0 Å². The number of anilines is 1. The third-order valence-electron chi connectivity index (χ3n) is 6.34. The molecule has 8 nitrogen and oxygen atoms in total. The molecule has 3 aliphatic rings. The van der Waals surface area contributed by atoms with Gasteiger partial charge in [-0.2, -0.15) is 0 Å².